The van der Waals surface area contributed by atoms with Crippen LogP contribution in [0, 0.1) is 5.92 Å². The summed E-state index contributed by atoms with van der Waals surface area (Å²) in [5.41, 5.74) is 0.958. The first kappa shape index (κ1) is 15.9. The van der Waals surface area contributed by atoms with E-state index >= 15 is 0 Å². The highest BCUT2D eigenvalue weighted by atomic mass is 79.9. The minimum absolute atomic E-state index is 0.195. The van der Waals surface area contributed by atoms with Crippen molar-refractivity contribution in [2.75, 3.05) is 32.1 Å². The lowest BCUT2D eigenvalue weighted by Gasteiger charge is -2.30. The number of aromatic nitrogens is 1. The number of carbonyl (C=O) groups is 1. The molecular formula is C16H20BrN3OS. The van der Waals surface area contributed by atoms with Crippen LogP contribution in [0.25, 0.3) is 10.2 Å². The first-order valence-electron chi connectivity index (χ1n) is 7.57. The van der Waals surface area contributed by atoms with Crippen molar-refractivity contribution in [2.45, 2.75) is 19.3 Å². The molecule has 0 atom stereocenters. The maximum Gasteiger partial charge on any atom is 0.231 e. The highest BCUT2D eigenvalue weighted by Gasteiger charge is 2.31. The van der Waals surface area contributed by atoms with Gasteiger partial charge in [0, 0.05) is 23.5 Å². The number of nitrogens with zero attached hydrogens (tertiary/aromatic N) is 3. The van der Waals surface area contributed by atoms with E-state index < -0.39 is 0 Å². The van der Waals surface area contributed by atoms with E-state index in [9.17, 15) is 4.79 Å². The minimum Gasteiger partial charge on any atom is -0.308 e. The van der Waals surface area contributed by atoms with E-state index in [1.807, 2.05) is 31.1 Å². The Balaban J connectivity index is 1.89. The quantitative estimate of drug-likeness (QED) is 0.790. The zero-order valence-electron chi connectivity index (χ0n) is 12.9. The molecule has 0 bridgehead atoms. The first-order valence-corrected chi connectivity index (χ1v) is 9.18. The smallest absolute Gasteiger partial charge is 0.231 e. The maximum absolute atomic E-state index is 12.7. The molecule has 6 heteroatoms. The monoisotopic (exact) mass is 381 g/mol. The predicted octanol–water partition coefficient (Wildman–Crippen LogP) is 3.75. The van der Waals surface area contributed by atoms with Gasteiger partial charge >= 0.3 is 0 Å². The van der Waals surface area contributed by atoms with Crippen LogP contribution >= 0.6 is 27.3 Å². The summed E-state index contributed by atoms with van der Waals surface area (Å²) in [6.45, 7) is 1.54. The largest absolute Gasteiger partial charge is 0.308 e. The third-order valence-electron chi connectivity index (χ3n) is 4.06. The summed E-state index contributed by atoms with van der Waals surface area (Å²) in [6, 6.07) is 6.05. The molecule has 0 N–H and O–H groups in total. The molecule has 1 aliphatic rings. The number of likely N-dealkylation sites (N-methyl/N-ethyl adjacent to an activating group) is 1. The van der Waals surface area contributed by atoms with Crippen LogP contribution in [-0.4, -0.2) is 43.0 Å². The average Bonchev–Trinajstić information content (AvgIpc) is 2.79. The number of carbonyl (C=O) groups excluding carboxylic acids is 1. The number of hydrogen-bond acceptors (Lipinski definition) is 4. The molecule has 0 aliphatic heterocycles. The molecule has 1 heterocycles. The van der Waals surface area contributed by atoms with Gasteiger partial charge in [-0.1, -0.05) is 33.7 Å². The Morgan fingerprint density at radius 2 is 2.14 bits per heavy atom. The molecule has 0 saturated heterocycles. The molecule has 1 aromatic heterocycles. The van der Waals surface area contributed by atoms with E-state index in [0.717, 1.165) is 39.2 Å². The Bertz CT molecular complexity index is 681. The zero-order chi connectivity index (χ0) is 15.7. The molecule has 1 fully saturated rings. The standard InChI is InChI=1S/C16H20BrN3OS/c1-19(2)8-9-20(15(21)11-4-3-5-11)16-18-13-7-6-12(17)10-14(13)22-16/h6-7,10-11H,3-5,8-9H2,1-2H3. The van der Waals surface area contributed by atoms with Gasteiger partial charge in [0.1, 0.15) is 0 Å². The summed E-state index contributed by atoms with van der Waals surface area (Å²) >= 11 is 5.09. The Morgan fingerprint density at radius 1 is 1.36 bits per heavy atom. The summed E-state index contributed by atoms with van der Waals surface area (Å²) in [5.74, 6) is 0.437. The number of thiazole rings is 1. The predicted molar refractivity (Wildman–Crippen MR) is 95.6 cm³/mol. The highest BCUT2D eigenvalue weighted by molar-refractivity contribution is 9.10. The molecule has 4 nitrogen and oxygen atoms in total. The van der Waals surface area contributed by atoms with Crippen molar-refractivity contribution < 1.29 is 4.79 Å². The number of hydrogen-bond donors (Lipinski definition) is 0. The maximum atomic E-state index is 12.7. The molecular weight excluding hydrogens is 362 g/mol. The third-order valence-corrected chi connectivity index (χ3v) is 5.60. The van der Waals surface area contributed by atoms with Gasteiger partial charge in [-0.05, 0) is 45.1 Å². The van der Waals surface area contributed by atoms with Crippen LogP contribution in [0.5, 0.6) is 0 Å². The van der Waals surface area contributed by atoms with Crippen molar-refractivity contribution in [3.8, 4) is 0 Å². The fourth-order valence-corrected chi connectivity index (χ4v) is 4.03. The minimum atomic E-state index is 0.195. The average molecular weight is 382 g/mol. The van der Waals surface area contributed by atoms with Gasteiger partial charge in [-0.25, -0.2) is 4.98 Å². The van der Waals surface area contributed by atoms with Gasteiger partial charge in [-0.3, -0.25) is 9.69 Å². The molecule has 1 aromatic carbocycles. The van der Waals surface area contributed by atoms with Gasteiger partial charge in [0.15, 0.2) is 5.13 Å². The fraction of sp³-hybridized carbons (Fsp3) is 0.500. The van der Waals surface area contributed by atoms with E-state index in [0.29, 0.717) is 6.54 Å². The van der Waals surface area contributed by atoms with Crippen LogP contribution in [0.1, 0.15) is 19.3 Å². The van der Waals surface area contributed by atoms with Crippen LogP contribution in [0.3, 0.4) is 0 Å². The Labute approximate surface area is 143 Å². The lowest BCUT2D eigenvalue weighted by Crippen LogP contribution is -2.42. The number of fused-ring (bicyclic) bond motifs is 1. The second-order valence-corrected chi connectivity index (χ2v) is 7.95. The summed E-state index contributed by atoms with van der Waals surface area (Å²) < 4.78 is 2.15. The van der Waals surface area contributed by atoms with Crippen molar-refractivity contribution in [1.29, 1.82) is 0 Å². The van der Waals surface area contributed by atoms with Crippen LogP contribution in [0.15, 0.2) is 22.7 Å². The molecule has 2 aromatic rings. The van der Waals surface area contributed by atoms with Crippen LogP contribution < -0.4 is 4.90 Å². The topological polar surface area (TPSA) is 36.4 Å². The van der Waals surface area contributed by atoms with Gasteiger partial charge in [-0.2, -0.15) is 0 Å². The first-order chi connectivity index (χ1) is 10.5. The third kappa shape index (κ3) is 3.34. The van der Waals surface area contributed by atoms with Gasteiger partial charge in [0.25, 0.3) is 0 Å². The lowest BCUT2D eigenvalue weighted by atomic mass is 9.84. The van der Waals surface area contributed by atoms with E-state index in [1.165, 1.54) is 6.42 Å². The second kappa shape index (κ2) is 6.64. The Kier molecular flexibility index (Phi) is 4.80. The molecule has 22 heavy (non-hydrogen) atoms. The van der Waals surface area contributed by atoms with E-state index in [-0.39, 0.29) is 11.8 Å². The van der Waals surface area contributed by atoms with Gasteiger partial charge in [-0.15, -0.1) is 0 Å². The molecule has 1 amide bonds. The summed E-state index contributed by atoms with van der Waals surface area (Å²) in [5, 5.41) is 0.826. The van der Waals surface area contributed by atoms with Crippen molar-refractivity contribution in [1.82, 2.24) is 9.88 Å². The molecule has 0 radical (unpaired) electrons. The van der Waals surface area contributed by atoms with Crippen molar-refractivity contribution >= 4 is 48.5 Å². The second-order valence-electron chi connectivity index (χ2n) is 6.03. The van der Waals surface area contributed by atoms with Gasteiger partial charge in [0.2, 0.25) is 5.91 Å². The highest BCUT2D eigenvalue weighted by Crippen LogP contribution is 2.34. The molecule has 1 aliphatic carbocycles. The zero-order valence-corrected chi connectivity index (χ0v) is 15.3. The molecule has 3 rings (SSSR count). The van der Waals surface area contributed by atoms with E-state index in [2.05, 4.69) is 31.9 Å². The van der Waals surface area contributed by atoms with Crippen molar-refractivity contribution in [2.24, 2.45) is 5.92 Å². The van der Waals surface area contributed by atoms with E-state index in [1.54, 1.807) is 11.3 Å². The Morgan fingerprint density at radius 3 is 2.77 bits per heavy atom. The van der Waals surface area contributed by atoms with E-state index in [4.69, 9.17) is 0 Å². The van der Waals surface area contributed by atoms with Crippen LogP contribution in [0.2, 0.25) is 0 Å². The Hall–Kier alpha value is -0.980. The lowest BCUT2D eigenvalue weighted by molar-refractivity contribution is -0.124. The number of halogens is 1. The SMILES string of the molecule is CN(C)CCN(C(=O)C1CCC1)c1nc2ccc(Br)cc2s1. The fourth-order valence-electron chi connectivity index (χ4n) is 2.48. The number of benzene rings is 1. The van der Waals surface area contributed by atoms with Crippen molar-refractivity contribution in [3.63, 3.8) is 0 Å². The van der Waals surface area contributed by atoms with Crippen LogP contribution in [0.4, 0.5) is 5.13 Å². The molecule has 0 spiro atoms. The normalized spacial score (nSPS) is 15.3. The summed E-state index contributed by atoms with van der Waals surface area (Å²) in [6.07, 6.45) is 3.21. The summed E-state index contributed by atoms with van der Waals surface area (Å²) in [4.78, 5) is 21.4. The van der Waals surface area contributed by atoms with Gasteiger partial charge in [0.05, 0.1) is 10.2 Å². The molecule has 1 saturated carbocycles. The van der Waals surface area contributed by atoms with Crippen molar-refractivity contribution in [3.05, 3.63) is 22.7 Å². The number of anilines is 1. The number of rotatable bonds is 5. The molecule has 0 unspecified atom stereocenters. The van der Waals surface area contributed by atoms with Gasteiger partial charge < -0.3 is 4.90 Å². The van der Waals surface area contributed by atoms with Crippen LogP contribution in [-0.2, 0) is 4.79 Å². The molecule has 118 valence electrons. The number of amides is 1. The summed E-state index contributed by atoms with van der Waals surface area (Å²) in [7, 11) is 4.06.